The van der Waals surface area contributed by atoms with E-state index in [1.807, 2.05) is 54.8 Å². The number of unbranched alkanes of at least 4 members (excludes halogenated alkanes) is 5. The van der Waals surface area contributed by atoms with Crippen LogP contribution < -0.4 is 20.3 Å². The average Bonchev–Trinajstić information content (AvgIpc) is 2.93. The average molecular weight is 503 g/mol. The van der Waals surface area contributed by atoms with Gasteiger partial charge in [0, 0.05) is 30.6 Å². The van der Waals surface area contributed by atoms with Crippen LogP contribution in [-0.2, 0) is 13.1 Å². The molecule has 0 aliphatic rings. The fraction of sp³-hybridized carbons (Fsp3) is 0.406. The van der Waals surface area contributed by atoms with Crippen molar-refractivity contribution in [3.63, 3.8) is 0 Å². The van der Waals surface area contributed by atoms with Crippen LogP contribution in [0.25, 0.3) is 10.9 Å². The van der Waals surface area contributed by atoms with Crippen molar-refractivity contribution >= 4 is 16.6 Å². The van der Waals surface area contributed by atoms with Gasteiger partial charge in [-0.1, -0.05) is 88.9 Å². The predicted molar refractivity (Wildman–Crippen MR) is 156 cm³/mol. The molecule has 3 rings (SSSR count). The fourth-order valence-electron chi connectivity index (χ4n) is 4.42. The molecule has 0 bridgehead atoms. The van der Waals surface area contributed by atoms with Crippen LogP contribution in [-0.4, -0.2) is 11.2 Å². The van der Waals surface area contributed by atoms with Crippen molar-refractivity contribution in [3.8, 4) is 11.5 Å². The van der Waals surface area contributed by atoms with Crippen LogP contribution in [0, 0.1) is 0 Å². The van der Waals surface area contributed by atoms with Gasteiger partial charge in [0.05, 0.1) is 11.3 Å². The van der Waals surface area contributed by atoms with Gasteiger partial charge in [0.1, 0.15) is 6.61 Å². The third kappa shape index (κ3) is 7.75. The Labute approximate surface area is 221 Å². The molecular formula is C32H42N2O3. The molecule has 1 heterocycles. The highest BCUT2D eigenvalue weighted by Crippen LogP contribution is 2.36. The van der Waals surface area contributed by atoms with E-state index in [4.69, 9.17) is 9.47 Å². The second-order valence-corrected chi connectivity index (χ2v) is 9.26. The van der Waals surface area contributed by atoms with Crippen LogP contribution >= 0.6 is 0 Å². The molecule has 0 saturated heterocycles. The molecule has 3 aromatic rings. The smallest absolute Gasteiger partial charge is 0.297 e. The van der Waals surface area contributed by atoms with Gasteiger partial charge in [0.25, 0.3) is 5.56 Å². The maximum absolute atomic E-state index is 13.8. The number of pyridine rings is 1. The molecule has 0 amide bonds. The van der Waals surface area contributed by atoms with E-state index in [1.165, 1.54) is 31.2 Å². The van der Waals surface area contributed by atoms with Gasteiger partial charge in [-0.15, -0.1) is 0 Å². The number of aryl methyl sites for hydroxylation is 1. The maximum atomic E-state index is 13.8. The monoisotopic (exact) mass is 502 g/mol. The second-order valence-electron chi connectivity index (χ2n) is 9.26. The molecule has 5 heteroatoms. The summed E-state index contributed by atoms with van der Waals surface area (Å²) in [5, 5.41) is 4.37. The van der Waals surface area contributed by atoms with Crippen molar-refractivity contribution in [3.05, 3.63) is 88.9 Å². The Balaban J connectivity index is 2.04. The van der Waals surface area contributed by atoms with Gasteiger partial charge < -0.3 is 19.4 Å². The number of fused-ring (bicyclic) bond motifs is 1. The lowest BCUT2D eigenvalue weighted by atomic mass is 10.1. The van der Waals surface area contributed by atoms with Gasteiger partial charge >= 0.3 is 0 Å². The van der Waals surface area contributed by atoms with Crippen molar-refractivity contribution < 1.29 is 9.47 Å². The Bertz CT molecular complexity index is 1230. The topological polar surface area (TPSA) is 52.5 Å². The highest BCUT2D eigenvalue weighted by atomic mass is 16.5. The summed E-state index contributed by atoms with van der Waals surface area (Å²) in [4.78, 5) is 13.8. The molecule has 0 aliphatic carbocycles. The first-order valence-electron chi connectivity index (χ1n) is 13.7. The lowest BCUT2D eigenvalue weighted by molar-refractivity contribution is 0.321. The molecule has 0 saturated carbocycles. The summed E-state index contributed by atoms with van der Waals surface area (Å²) in [6.07, 6.45) is 11.2. The third-order valence-corrected chi connectivity index (χ3v) is 6.50. The molecule has 198 valence electrons. The van der Waals surface area contributed by atoms with Gasteiger partial charge in [0.15, 0.2) is 5.75 Å². The SMILES string of the molecule is C=CCOc1c(OC(=CC)CC)c2ccc(NCc3ccccc3)cc2n(CCCCCCCC)c1=O. The number of benzene rings is 2. The van der Waals surface area contributed by atoms with E-state index in [0.717, 1.165) is 41.6 Å². The number of hydrogen-bond donors (Lipinski definition) is 1. The Morgan fingerprint density at radius 3 is 2.46 bits per heavy atom. The largest absolute Gasteiger partial charge is 0.481 e. The maximum Gasteiger partial charge on any atom is 0.297 e. The molecule has 5 nitrogen and oxygen atoms in total. The zero-order chi connectivity index (χ0) is 26.5. The van der Waals surface area contributed by atoms with Crippen molar-refractivity contribution in [2.45, 2.75) is 78.8 Å². The van der Waals surface area contributed by atoms with E-state index in [-0.39, 0.29) is 17.9 Å². The summed E-state index contributed by atoms with van der Waals surface area (Å²) in [7, 11) is 0. The van der Waals surface area contributed by atoms with Gasteiger partial charge in [-0.05, 0) is 43.2 Å². The van der Waals surface area contributed by atoms with Gasteiger partial charge in [-0.3, -0.25) is 4.79 Å². The molecule has 1 N–H and O–H groups in total. The van der Waals surface area contributed by atoms with Crippen molar-refractivity contribution in [1.29, 1.82) is 0 Å². The fourth-order valence-corrected chi connectivity index (χ4v) is 4.42. The zero-order valence-electron chi connectivity index (χ0n) is 22.7. The number of hydrogen-bond acceptors (Lipinski definition) is 4. The van der Waals surface area contributed by atoms with Crippen LogP contribution in [0.1, 0.15) is 71.3 Å². The molecule has 2 aromatic carbocycles. The summed E-state index contributed by atoms with van der Waals surface area (Å²) in [6.45, 7) is 11.5. The predicted octanol–water partition coefficient (Wildman–Crippen LogP) is 8.23. The first-order chi connectivity index (χ1) is 18.1. The minimum Gasteiger partial charge on any atom is -0.481 e. The molecule has 0 unspecified atom stereocenters. The molecular weight excluding hydrogens is 460 g/mol. The summed E-state index contributed by atoms with van der Waals surface area (Å²) in [6, 6.07) is 16.4. The molecule has 0 fully saturated rings. The Hall–Kier alpha value is -3.47. The summed E-state index contributed by atoms with van der Waals surface area (Å²) >= 11 is 0. The first kappa shape index (κ1) is 28.1. The molecule has 0 aliphatic heterocycles. The van der Waals surface area contributed by atoms with Crippen LogP contribution in [0.3, 0.4) is 0 Å². The lowest BCUT2D eigenvalue weighted by Crippen LogP contribution is -2.24. The van der Waals surface area contributed by atoms with Crippen molar-refractivity contribution in [2.24, 2.45) is 0 Å². The van der Waals surface area contributed by atoms with Gasteiger partial charge in [-0.25, -0.2) is 0 Å². The van der Waals surface area contributed by atoms with Crippen LogP contribution in [0.2, 0.25) is 0 Å². The number of nitrogens with one attached hydrogen (secondary N) is 1. The number of ether oxygens (including phenoxy) is 2. The van der Waals surface area contributed by atoms with Gasteiger partial charge in [0.2, 0.25) is 5.75 Å². The minimum absolute atomic E-state index is 0.162. The van der Waals surface area contributed by atoms with E-state index in [9.17, 15) is 4.79 Å². The molecule has 0 radical (unpaired) electrons. The summed E-state index contributed by atoms with van der Waals surface area (Å²) in [5.74, 6) is 1.52. The Kier molecular flexibility index (Phi) is 11.3. The van der Waals surface area contributed by atoms with E-state index in [0.29, 0.717) is 18.8 Å². The van der Waals surface area contributed by atoms with Crippen LogP contribution in [0.15, 0.2) is 77.8 Å². The number of rotatable bonds is 16. The van der Waals surface area contributed by atoms with Crippen molar-refractivity contribution in [2.75, 3.05) is 11.9 Å². The highest BCUT2D eigenvalue weighted by molar-refractivity contribution is 5.90. The molecule has 1 aromatic heterocycles. The third-order valence-electron chi connectivity index (χ3n) is 6.50. The standard InChI is InChI=1S/C32H42N2O3/c1-5-9-10-11-12-16-21-34-29-23-26(33-24-25-17-14-13-15-18-25)19-20-28(29)30(37-27(7-3)8-4)31(32(34)35)36-22-6-2/h6-7,13-15,17-20,23,33H,2,5,8-12,16,21-22,24H2,1,3-4H3. The molecule has 37 heavy (non-hydrogen) atoms. The quantitative estimate of drug-likeness (QED) is 0.122. The highest BCUT2D eigenvalue weighted by Gasteiger charge is 2.21. The summed E-state index contributed by atoms with van der Waals surface area (Å²) < 4.78 is 14.1. The van der Waals surface area contributed by atoms with E-state index in [2.05, 4.69) is 37.0 Å². The Morgan fingerprint density at radius 2 is 1.76 bits per heavy atom. The zero-order valence-corrected chi connectivity index (χ0v) is 22.7. The van der Waals surface area contributed by atoms with Crippen LogP contribution in [0.4, 0.5) is 5.69 Å². The Morgan fingerprint density at radius 1 is 1.00 bits per heavy atom. The van der Waals surface area contributed by atoms with Crippen LogP contribution in [0.5, 0.6) is 11.5 Å². The van der Waals surface area contributed by atoms with Gasteiger partial charge in [-0.2, -0.15) is 0 Å². The first-order valence-corrected chi connectivity index (χ1v) is 13.7. The summed E-state index contributed by atoms with van der Waals surface area (Å²) in [5.41, 5.74) is 2.85. The van der Waals surface area contributed by atoms with E-state index < -0.39 is 0 Å². The molecule has 0 atom stereocenters. The number of aromatic nitrogens is 1. The normalized spacial score (nSPS) is 11.5. The number of anilines is 1. The minimum atomic E-state index is -0.162. The lowest BCUT2D eigenvalue weighted by Gasteiger charge is -2.20. The second kappa shape index (κ2) is 14.9. The van der Waals surface area contributed by atoms with E-state index >= 15 is 0 Å². The van der Waals surface area contributed by atoms with E-state index in [1.54, 1.807) is 6.08 Å². The number of allylic oxidation sites excluding steroid dienone is 2. The number of nitrogens with zero attached hydrogens (tertiary/aromatic N) is 1. The molecule has 0 spiro atoms. The van der Waals surface area contributed by atoms with Crippen molar-refractivity contribution in [1.82, 2.24) is 4.57 Å².